The quantitative estimate of drug-likeness (QED) is 0.856. The molecule has 1 aliphatic rings. The van der Waals surface area contributed by atoms with Crippen LogP contribution in [0.5, 0.6) is 5.75 Å². The molecule has 1 aromatic carbocycles. The largest absolute Gasteiger partial charge is 0.481 e. The van der Waals surface area contributed by atoms with Crippen molar-refractivity contribution in [2.24, 2.45) is 0 Å². The Morgan fingerprint density at radius 3 is 2.50 bits per heavy atom. The lowest BCUT2D eigenvalue weighted by molar-refractivity contribution is -0.139. The van der Waals surface area contributed by atoms with Gasteiger partial charge in [0.1, 0.15) is 5.75 Å². The topological polar surface area (TPSA) is 58.6 Å². The van der Waals surface area contributed by atoms with Crippen molar-refractivity contribution in [2.45, 2.75) is 51.7 Å². The summed E-state index contributed by atoms with van der Waals surface area (Å²) in [4.78, 5) is 25.9. The molecule has 2 amide bonds. The first kappa shape index (κ1) is 18.6. The van der Waals surface area contributed by atoms with Crippen molar-refractivity contribution in [1.82, 2.24) is 10.2 Å². The highest BCUT2D eigenvalue weighted by Gasteiger charge is 2.27. The molecule has 0 aliphatic carbocycles. The van der Waals surface area contributed by atoms with Gasteiger partial charge >= 0.3 is 0 Å². The first-order chi connectivity index (χ1) is 11.5. The first-order valence-electron chi connectivity index (χ1n) is 8.50. The lowest BCUT2D eigenvalue weighted by Crippen LogP contribution is -2.49. The molecule has 1 aromatic rings. The highest BCUT2D eigenvalue weighted by molar-refractivity contribution is 6.30. The molecule has 6 heteroatoms. The second-order valence-corrected chi connectivity index (χ2v) is 6.57. The van der Waals surface area contributed by atoms with E-state index in [-0.39, 0.29) is 17.9 Å². The SMILES string of the molecule is CCCC(=O)NC1CCN(C(=O)C(C)Oc2ccc(Cl)cc2)CC1. The van der Waals surface area contributed by atoms with Gasteiger partial charge in [-0.15, -0.1) is 0 Å². The average molecular weight is 353 g/mol. The summed E-state index contributed by atoms with van der Waals surface area (Å²) in [6, 6.07) is 7.14. The van der Waals surface area contributed by atoms with Gasteiger partial charge in [-0.05, 0) is 50.5 Å². The van der Waals surface area contributed by atoms with E-state index in [1.807, 2.05) is 11.8 Å². The Morgan fingerprint density at radius 2 is 1.92 bits per heavy atom. The number of nitrogens with one attached hydrogen (secondary N) is 1. The van der Waals surface area contributed by atoms with Crippen molar-refractivity contribution < 1.29 is 14.3 Å². The predicted molar refractivity (Wildman–Crippen MR) is 94.2 cm³/mol. The summed E-state index contributed by atoms with van der Waals surface area (Å²) >= 11 is 5.84. The zero-order valence-electron chi connectivity index (χ0n) is 14.3. The second kappa shape index (κ2) is 8.92. The summed E-state index contributed by atoms with van der Waals surface area (Å²) in [6.07, 6.45) is 2.44. The number of amides is 2. The molecule has 1 fully saturated rings. The summed E-state index contributed by atoms with van der Waals surface area (Å²) in [5.74, 6) is 0.701. The van der Waals surface area contributed by atoms with Crippen LogP contribution in [-0.2, 0) is 9.59 Å². The number of rotatable bonds is 6. The van der Waals surface area contributed by atoms with Crippen molar-refractivity contribution in [3.05, 3.63) is 29.3 Å². The molecule has 132 valence electrons. The number of piperidine rings is 1. The van der Waals surface area contributed by atoms with E-state index in [4.69, 9.17) is 16.3 Å². The van der Waals surface area contributed by atoms with Crippen LogP contribution in [0.3, 0.4) is 0 Å². The fourth-order valence-electron chi connectivity index (χ4n) is 2.80. The van der Waals surface area contributed by atoms with Crippen LogP contribution in [0.4, 0.5) is 0 Å². The van der Waals surface area contributed by atoms with Gasteiger partial charge in [-0.1, -0.05) is 18.5 Å². The molecule has 1 unspecified atom stereocenters. The Balaban J connectivity index is 1.79. The van der Waals surface area contributed by atoms with Crippen molar-refractivity contribution in [3.8, 4) is 5.75 Å². The van der Waals surface area contributed by atoms with Crippen molar-refractivity contribution in [3.63, 3.8) is 0 Å². The molecule has 0 saturated carbocycles. The number of likely N-dealkylation sites (tertiary alicyclic amines) is 1. The summed E-state index contributed by atoms with van der Waals surface area (Å²) in [5, 5.41) is 3.67. The van der Waals surface area contributed by atoms with E-state index in [0.717, 1.165) is 19.3 Å². The average Bonchev–Trinajstić information content (AvgIpc) is 2.57. The maximum absolute atomic E-state index is 12.5. The molecule has 5 nitrogen and oxygen atoms in total. The molecular weight excluding hydrogens is 328 g/mol. The number of carbonyl (C=O) groups excluding carboxylic acids is 2. The molecule has 0 aromatic heterocycles. The van der Waals surface area contributed by atoms with Crippen LogP contribution in [0.2, 0.25) is 5.02 Å². The van der Waals surface area contributed by atoms with Gasteiger partial charge in [0.15, 0.2) is 6.10 Å². The van der Waals surface area contributed by atoms with Gasteiger partial charge in [-0.3, -0.25) is 9.59 Å². The van der Waals surface area contributed by atoms with Crippen molar-refractivity contribution in [2.75, 3.05) is 13.1 Å². The zero-order chi connectivity index (χ0) is 17.5. The Kier molecular flexibility index (Phi) is 6.91. The molecule has 0 spiro atoms. The van der Waals surface area contributed by atoms with E-state index >= 15 is 0 Å². The predicted octanol–water partition coefficient (Wildman–Crippen LogP) is 3.01. The van der Waals surface area contributed by atoms with Gasteiger partial charge in [0.05, 0.1) is 0 Å². The molecule has 2 rings (SSSR count). The number of carbonyl (C=O) groups is 2. The van der Waals surface area contributed by atoms with Crippen LogP contribution in [-0.4, -0.2) is 41.9 Å². The number of halogens is 1. The molecule has 0 bridgehead atoms. The normalized spacial score (nSPS) is 16.5. The molecule has 1 aliphatic heterocycles. The summed E-state index contributed by atoms with van der Waals surface area (Å²) < 4.78 is 5.69. The van der Waals surface area contributed by atoms with E-state index in [9.17, 15) is 9.59 Å². The maximum atomic E-state index is 12.5. The van der Waals surface area contributed by atoms with E-state index in [0.29, 0.717) is 30.3 Å². The Labute approximate surface area is 148 Å². The zero-order valence-corrected chi connectivity index (χ0v) is 15.0. The fraction of sp³-hybridized carbons (Fsp3) is 0.556. The Morgan fingerprint density at radius 1 is 1.29 bits per heavy atom. The molecule has 0 radical (unpaired) electrons. The van der Waals surface area contributed by atoms with Crippen molar-refractivity contribution >= 4 is 23.4 Å². The number of hydrogen-bond donors (Lipinski definition) is 1. The number of nitrogens with zero attached hydrogens (tertiary/aromatic N) is 1. The lowest BCUT2D eigenvalue weighted by Gasteiger charge is -2.33. The summed E-state index contributed by atoms with van der Waals surface area (Å²) in [6.45, 7) is 5.03. The molecule has 1 N–H and O–H groups in total. The standard InChI is InChI=1S/C18H25ClN2O3/c1-3-4-17(22)20-15-9-11-21(12-10-15)18(23)13(2)24-16-7-5-14(19)6-8-16/h5-8,13,15H,3-4,9-12H2,1-2H3,(H,20,22). The number of ether oxygens (including phenoxy) is 1. The minimum absolute atomic E-state index is 0.0247. The van der Waals surface area contributed by atoms with Gasteiger partial charge in [-0.2, -0.15) is 0 Å². The second-order valence-electron chi connectivity index (χ2n) is 6.13. The van der Waals surface area contributed by atoms with E-state index < -0.39 is 6.10 Å². The van der Waals surface area contributed by atoms with Gasteiger partial charge in [0.2, 0.25) is 5.91 Å². The van der Waals surface area contributed by atoms with Gasteiger partial charge in [0, 0.05) is 30.6 Å². The van der Waals surface area contributed by atoms with Crippen LogP contribution < -0.4 is 10.1 Å². The monoisotopic (exact) mass is 352 g/mol. The number of hydrogen-bond acceptors (Lipinski definition) is 3. The van der Waals surface area contributed by atoms with E-state index in [1.165, 1.54) is 0 Å². The van der Waals surface area contributed by atoms with Crippen LogP contribution in [0, 0.1) is 0 Å². The highest BCUT2D eigenvalue weighted by Crippen LogP contribution is 2.18. The van der Waals surface area contributed by atoms with E-state index in [1.54, 1.807) is 31.2 Å². The Hall–Kier alpha value is -1.75. The van der Waals surface area contributed by atoms with Crippen LogP contribution >= 0.6 is 11.6 Å². The molecular formula is C18H25ClN2O3. The lowest BCUT2D eigenvalue weighted by atomic mass is 10.0. The fourth-order valence-corrected chi connectivity index (χ4v) is 2.92. The minimum Gasteiger partial charge on any atom is -0.481 e. The smallest absolute Gasteiger partial charge is 0.263 e. The molecule has 1 heterocycles. The summed E-state index contributed by atoms with van der Waals surface area (Å²) in [5.41, 5.74) is 0. The van der Waals surface area contributed by atoms with Gasteiger partial charge in [-0.25, -0.2) is 0 Å². The van der Waals surface area contributed by atoms with E-state index in [2.05, 4.69) is 5.32 Å². The maximum Gasteiger partial charge on any atom is 0.263 e. The number of benzene rings is 1. The first-order valence-corrected chi connectivity index (χ1v) is 8.87. The van der Waals surface area contributed by atoms with Gasteiger partial charge in [0.25, 0.3) is 5.91 Å². The van der Waals surface area contributed by atoms with Crippen LogP contribution in [0.1, 0.15) is 39.5 Å². The third-order valence-corrected chi connectivity index (χ3v) is 4.38. The minimum atomic E-state index is -0.544. The third-order valence-electron chi connectivity index (χ3n) is 4.12. The van der Waals surface area contributed by atoms with Crippen molar-refractivity contribution in [1.29, 1.82) is 0 Å². The summed E-state index contributed by atoms with van der Waals surface area (Å²) in [7, 11) is 0. The van der Waals surface area contributed by atoms with Gasteiger partial charge < -0.3 is 15.0 Å². The van der Waals surface area contributed by atoms with Crippen LogP contribution in [0.25, 0.3) is 0 Å². The third kappa shape index (κ3) is 5.41. The Bertz CT molecular complexity index is 554. The van der Waals surface area contributed by atoms with Crippen LogP contribution in [0.15, 0.2) is 24.3 Å². The highest BCUT2D eigenvalue weighted by atomic mass is 35.5. The molecule has 1 atom stereocenters. The molecule has 24 heavy (non-hydrogen) atoms. The molecule has 1 saturated heterocycles.